The minimum absolute atomic E-state index is 0.0708. The van der Waals surface area contributed by atoms with E-state index >= 15 is 0 Å². The van der Waals surface area contributed by atoms with Gasteiger partial charge >= 0.3 is 12.2 Å². The Morgan fingerprint density at radius 2 is 1.70 bits per heavy atom. The summed E-state index contributed by atoms with van der Waals surface area (Å²) in [4.78, 5) is 23.9. The average molecular weight is 338 g/mol. The summed E-state index contributed by atoms with van der Waals surface area (Å²) in [5.41, 5.74) is 0.837. The molecule has 0 radical (unpaired) electrons. The summed E-state index contributed by atoms with van der Waals surface area (Å²) in [5.74, 6) is 0. The standard InChI is InChI=1S/C15H28F2N2O4/c1-14(2,3)11(10-17)23-13(21)19(15(4,5)6)18-12(20)22-9-7-8-16/h11H,7-10H2,1-6H3,(H,18,20). The summed E-state index contributed by atoms with van der Waals surface area (Å²) in [6.07, 6.45) is -2.68. The molecule has 0 rings (SSSR count). The van der Waals surface area contributed by atoms with Crippen LogP contribution in [0.4, 0.5) is 18.4 Å². The Balaban J connectivity index is 4.91. The van der Waals surface area contributed by atoms with Gasteiger partial charge in [0.25, 0.3) is 0 Å². The van der Waals surface area contributed by atoms with Crippen LogP contribution in [0.15, 0.2) is 0 Å². The van der Waals surface area contributed by atoms with Gasteiger partial charge in [0.05, 0.1) is 18.8 Å². The van der Waals surface area contributed by atoms with Crippen molar-refractivity contribution >= 4 is 12.2 Å². The van der Waals surface area contributed by atoms with Crippen molar-refractivity contribution in [3.63, 3.8) is 0 Å². The third-order valence-corrected chi connectivity index (χ3v) is 2.92. The molecule has 0 saturated carbocycles. The van der Waals surface area contributed by atoms with Crippen molar-refractivity contribution in [1.82, 2.24) is 10.4 Å². The van der Waals surface area contributed by atoms with Gasteiger partial charge in [0, 0.05) is 11.8 Å². The largest absolute Gasteiger partial charge is 0.448 e. The number of amides is 2. The van der Waals surface area contributed by atoms with Crippen LogP contribution in [0.3, 0.4) is 0 Å². The summed E-state index contributed by atoms with van der Waals surface area (Å²) in [6, 6.07) is 0. The average Bonchev–Trinajstić information content (AvgIpc) is 2.39. The molecule has 0 aliphatic carbocycles. The summed E-state index contributed by atoms with van der Waals surface area (Å²) in [7, 11) is 0. The van der Waals surface area contributed by atoms with E-state index in [2.05, 4.69) is 5.43 Å². The summed E-state index contributed by atoms with van der Waals surface area (Å²) in [5, 5.41) is 0.930. The SMILES string of the molecule is CC(C)(C)C(CF)OC(=O)N(NC(=O)OCCCF)C(C)(C)C. The van der Waals surface area contributed by atoms with Gasteiger partial charge in [-0.05, 0) is 20.8 Å². The van der Waals surface area contributed by atoms with Crippen LogP contribution < -0.4 is 5.43 Å². The molecule has 0 aliphatic heterocycles. The van der Waals surface area contributed by atoms with E-state index < -0.39 is 42.6 Å². The molecular formula is C15H28F2N2O4. The highest BCUT2D eigenvalue weighted by Gasteiger charge is 2.35. The molecule has 1 N–H and O–H groups in total. The summed E-state index contributed by atoms with van der Waals surface area (Å²) < 4.78 is 35.0. The molecule has 136 valence electrons. The Morgan fingerprint density at radius 1 is 1.13 bits per heavy atom. The fourth-order valence-corrected chi connectivity index (χ4v) is 1.44. The van der Waals surface area contributed by atoms with Crippen molar-refractivity contribution in [2.24, 2.45) is 5.41 Å². The van der Waals surface area contributed by atoms with Gasteiger partial charge in [0.1, 0.15) is 12.8 Å². The molecule has 8 heteroatoms. The quantitative estimate of drug-likeness (QED) is 0.614. The third kappa shape index (κ3) is 7.99. The van der Waals surface area contributed by atoms with E-state index in [4.69, 9.17) is 9.47 Å². The number of rotatable bonds is 5. The predicted molar refractivity (Wildman–Crippen MR) is 82.4 cm³/mol. The topological polar surface area (TPSA) is 67.9 Å². The molecule has 0 fully saturated rings. The van der Waals surface area contributed by atoms with E-state index in [1.54, 1.807) is 41.5 Å². The molecule has 0 heterocycles. The summed E-state index contributed by atoms with van der Waals surface area (Å²) >= 11 is 0. The zero-order chi connectivity index (χ0) is 18.3. The van der Waals surface area contributed by atoms with Gasteiger partial charge in [0.2, 0.25) is 0 Å². The highest BCUT2D eigenvalue weighted by molar-refractivity contribution is 5.74. The molecule has 1 atom stereocenters. The fourth-order valence-electron chi connectivity index (χ4n) is 1.44. The lowest BCUT2D eigenvalue weighted by molar-refractivity contribution is -0.0282. The van der Waals surface area contributed by atoms with Gasteiger partial charge in [-0.15, -0.1) is 0 Å². The van der Waals surface area contributed by atoms with E-state index in [0.717, 1.165) is 5.01 Å². The van der Waals surface area contributed by atoms with Gasteiger partial charge < -0.3 is 9.47 Å². The predicted octanol–water partition coefficient (Wildman–Crippen LogP) is 3.61. The van der Waals surface area contributed by atoms with Gasteiger partial charge in [0.15, 0.2) is 0 Å². The Hall–Kier alpha value is -1.60. The van der Waals surface area contributed by atoms with Gasteiger partial charge in [-0.2, -0.15) is 0 Å². The number of hydrazine groups is 1. The molecule has 0 spiro atoms. The van der Waals surface area contributed by atoms with E-state index in [9.17, 15) is 18.4 Å². The zero-order valence-electron chi connectivity index (χ0n) is 14.7. The highest BCUT2D eigenvalue weighted by Crippen LogP contribution is 2.24. The second kappa shape index (κ2) is 8.88. The zero-order valence-corrected chi connectivity index (χ0v) is 14.7. The normalized spacial score (nSPS) is 13.2. The second-order valence-electron chi connectivity index (χ2n) is 7.19. The second-order valence-corrected chi connectivity index (χ2v) is 7.19. The van der Waals surface area contributed by atoms with Crippen molar-refractivity contribution < 1.29 is 27.8 Å². The number of carbonyl (C=O) groups excluding carboxylic acids is 2. The van der Waals surface area contributed by atoms with Crippen molar-refractivity contribution in [2.45, 2.75) is 59.6 Å². The maximum absolute atomic E-state index is 13.1. The van der Waals surface area contributed by atoms with Crippen LogP contribution in [-0.4, -0.2) is 48.8 Å². The smallest absolute Gasteiger partial charge is 0.429 e. The van der Waals surface area contributed by atoms with Crippen LogP contribution in [0.25, 0.3) is 0 Å². The lowest BCUT2D eigenvalue weighted by Gasteiger charge is -2.36. The molecule has 23 heavy (non-hydrogen) atoms. The first-order valence-electron chi connectivity index (χ1n) is 7.49. The Morgan fingerprint density at radius 3 is 2.09 bits per heavy atom. The van der Waals surface area contributed by atoms with Crippen LogP contribution in [0.2, 0.25) is 0 Å². The van der Waals surface area contributed by atoms with Crippen molar-refractivity contribution in [3.8, 4) is 0 Å². The van der Waals surface area contributed by atoms with Crippen molar-refractivity contribution in [1.29, 1.82) is 0 Å². The number of nitrogens with one attached hydrogen (secondary N) is 1. The number of alkyl halides is 2. The number of halogens is 2. The number of hydrogen-bond acceptors (Lipinski definition) is 4. The fraction of sp³-hybridized carbons (Fsp3) is 0.867. The molecule has 0 bridgehead atoms. The highest BCUT2D eigenvalue weighted by atomic mass is 19.1. The van der Waals surface area contributed by atoms with Crippen molar-refractivity contribution in [3.05, 3.63) is 0 Å². The summed E-state index contributed by atoms with van der Waals surface area (Å²) in [6.45, 7) is 8.66. The lowest BCUT2D eigenvalue weighted by Crippen LogP contribution is -2.57. The molecule has 0 aromatic heterocycles. The van der Waals surface area contributed by atoms with Crippen LogP contribution in [-0.2, 0) is 9.47 Å². The maximum Gasteiger partial charge on any atom is 0.429 e. The van der Waals surface area contributed by atoms with E-state index in [1.807, 2.05) is 0 Å². The van der Waals surface area contributed by atoms with E-state index in [0.29, 0.717) is 0 Å². The molecule has 0 aliphatic rings. The van der Waals surface area contributed by atoms with Crippen LogP contribution in [0, 0.1) is 5.41 Å². The minimum Gasteiger partial charge on any atom is -0.448 e. The Labute approximate surface area is 136 Å². The van der Waals surface area contributed by atoms with Crippen molar-refractivity contribution in [2.75, 3.05) is 20.0 Å². The number of hydrogen-bond donors (Lipinski definition) is 1. The molecule has 2 amide bonds. The van der Waals surface area contributed by atoms with E-state index in [1.165, 1.54) is 0 Å². The molecule has 0 saturated heterocycles. The van der Waals surface area contributed by atoms with Crippen LogP contribution in [0.1, 0.15) is 48.0 Å². The Bertz CT molecular complexity index is 392. The van der Waals surface area contributed by atoms with Gasteiger partial charge in [-0.3, -0.25) is 4.39 Å². The molecule has 0 aromatic carbocycles. The Kier molecular flexibility index (Phi) is 8.26. The molecule has 0 aromatic rings. The monoisotopic (exact) mass is 338 g/mol. The van der Waals surface area contributed by atoms with Crippen LogP contribution >= 0.6 is 0 Å². The number of nitrogens with zero attached hydrogens (tertiary/aromatic N) is 1. The molecule has 6 nitrogen and oxygen atoms in total. The molecule has 1 unspecified atom stereocenters. The number of ether oxygens (including phenoxy) is 2. The lowest BCUT2D eigenvalue weighted by atomic mass is 9.90. The minimum atomic E-state index is -0.954. The van der Waals surface area contributed by atoms with Crippen LogP contribution in [0.5, 0.6) is 0 Å². The first kappa shape index (κ1) is 21.4. The third-order valence-electron chi connectivity index (χ3n) is 2.92. The van der Waals surface area contributed by atoms with E-state index in [-0.39, 0.29) is 13.0 Å². The molecular weight excluding hydrogens is 310 g/mol. The first-order chi connectivity index (χ1) is 10.4. The first-order valence-corrected chi connectivity index (χ1v) is 7.49. The number of carbonyl (C=O) groups is 2. The maximum atomic E-state index is 13.1. The van der Waals surface area contributed by atoms with Gasteiger partial charge in [-0.25, -0.2) is 24.4 Å². The van der Waals surface area contributed by atoms with Gasteiger partial charge in [-0.1, -0.05) is 20.8 Å².